The van der Waals surface area contributed by atoms with Crippen molar-refractivity contribution < 1.29 is 25.2 Å². The van der Waals surface area contributed by atoms with Crippen molar-refractivity contribution >= 4 is 11.6 Å². The van der Waals surface area contributed by atoms with Gasteiger partial charge in [0.15, 0.2) is 0 Å². The molecule has 4 N–H and O–H groups in total. The van der Waals surface area contributed by atoms with E-state index in [1.807, 2.05) is 6.07 Å². The van der Waals surface area contributed by atoms with E-state index in [4.69, 9.17) is 16.3 Å². The Kier molecular flexibility index (Phi) is 5.85. The number of aliphatic hydroxyl groups is 4. The smallest absolute Gasteiger partial charge is 0.338 e. The fraction of sp³-hybridized carbons (Fsp3) is 0.429. The number of benzene rings is 2. The number of ether oxygens (including phenoxy) is 1. The van der Waals surface area contributed by atoms with E-state index in [1.54, 1.807) is 67.4 Å². The van der Waals surface area contributed by atoms with Crippen molar-refractivity contribution in [2.24, 2.45) is 0 Å². The normalized spacial score (nSPS) is 20.9. The predicted molar refractivity (Wildman–Crippen MR) is 105 cm³/mol. The zero-order chi connectivity index (χ0) is 20.6. The highest BCUT2D eigenvalue weighted by molar-refractivity contribution is 6.30. The van der Waals surface area contributed by atoms with Crippen molar-refractivity contribution in [1.29, 1.82) is 0 Å². The lowest BCUT2D eigenvalue weighted by Crippen LogP contribution is -2.66. The van der Waals surface area contributed by atoms with E-state index in [0.29, 0.717) is 35.5 Å². The van der Waals surface area contributed by atoms with E-state index in [0.717, 1.165) is 0 Å². The maximum Gasteiger partial charge on any atom is 0.338 e. The SMILES string of the molecule is CN1CCCC1C(O)(O)C(O)(O)O[C@](C)(c1ccccc1)c1ccc(Cl)cc1. The molecule has 7 heteroatoms. The number of hydrogen-bond donors (Lipinski definition) is 4. The molecule has 6 nitrogen and oxygen atoms in total. The van der Waals surface area contributed by atoms with Crippen LogP contribution < -0.4 is 0 Å². The number of likely N-dealkylation sites (N-methyl/N-ethyl adjacent to an activating group) is 1. The largest absolute Gasteiger partial charge is 0.358 e. The van der Waals surface area contributed by atoms with Gasteiger partial charge in [0.2, 0.25) is 0 Å². The van der Waals surface area contributed by atoms with Gasteiger partial charge in [-0.1, -0.05) is 54.1 Å². The van der Waals surface area contributed by atoms with Gasteiger partial charge < -0.3 is 25.2 Å². The number of hydrogen-bond acceptors (Lipinski definition) is 6. The van der Waals surface area contributed by atoms with Crippen molar-refractivity contribution in [2.75, 3.05) is 13.6 Å². The van der Waals surface area contributed by atoms with Crippen LogP contribution in [0, 0.1) is 0 Å². The van der Waals surface area contributed by atoms with Gasteiger partial charge in [-0.2, -0.15) is 0 Å². The van der Waals surface area contributed by atoms with Crippen LogP contribution in [0.15, 0.2) is 54.6 Å². The van der Waals surface area contributed by atoms with Crippen LogP contribution in [0.3, 0.4) is 0 Å². The Morgan fingerprint density at radius 1 is 0.964 bits per heavy atom. The first kappa shape index (κ1) is 21.2. The quantitative estimate of drug-likeness (QED) is 0.547. The lowest BCUT2D eigenvalue weighted by atomic mass is 9.87. The van der Waals surface area contributed by atoms with Crippen LogP contribution in [0.2, 0.25) is 5.02 Å². The Hall–Kier alpha value is -1.51. The van der Waals surface area contributed by atoms with Crippen LogP contribution in [0.4, 0.5) is 0 Å². The van der Waals surface area contributed by atoms with Gasteiger partial charge in [-0.15, -0.1) is 0 Å². The fourth-order valence-electron chi connectivity index (χ4n) is 3.80. The van der Waals surface area contributed by atoms with Gasteiger partial charge in [0.05, 0.1) is 6.04 Å². The molecule has 2 atom stereocenters. The number of nitrogens with zero attached hydrogens (tertiary/aromatic N) is 1. The highest BCUT2D eigenvalue weighted by Crippen LogP contribution is 2.41. The Balaban J connectivity index is 2.02. The summed E-state index contributed by atoms with van der Waals surface area (Å²) in [5.74, 6) is -6.14. The van der Waals surface area contributed by atoms with E-state index in [9.17, 15) is 20.4 Å². The molecular weight excluding hydrogens is 382 g/mol. The second-order valence-electron chi connectivity index (χ2n) is 7.48. The van der Waals surface area contributed by atoms with Crippen LogP contribution in [0.5, 0.6) is 0 Å². The molecule has 2 aromatic carbocycles. The topological polar surface area (TPSA) is 93.4 Å². The minimum absolute atomic E-state index is 0.402. The molecule has 2 aromatic rings. The Bertz CT molecular complexity index is 796. The summed E-state index contributed by atoms with van der Waals surface area (Å²) < 4.78 is 5.70. The molecule has 0 aliphatic carbocycles. The summed E-state index contributed by atoms with van der Waals surface area (Å²) in [6, 6.07) is 14.8. The molecule has 1 aliphatic rings. The molecule has 0 spiro atoms. The van der Waals surface area contributed by atoms with Gasteiger partial charge in [-0.3, -0.25) is 4.90 Å². The maximum atomic E-state index is 10.7. The minimum atomic E-state index is -3.24. The van der Waals surface area contributed by atoms with Crippen molar-refractivity contribution in [3.63, 3.8) is 0 Å². The van der Waals surface area contributed by atoms with Gasteiger partial charge in [0.25, 0.3) is 5.79 Å². The molecule has 1 heterocycles. The molecule has 1 aliphatic heterocycles. The molecule has 3 rings (SSSR count). The standard InChI is InChI=1S/C21H26ClNO5/c1-19(15-7-4-3-5-8-15,16-10-12-17(22)13-11-16)28-21(26,27)20(24,25)18-9-6-14-23(18)2/h3-5,7-8,10-13,18,24-27H,6,9,14H2,1-2H3/t18?,19-/m1/s1. The van der Waals surface area contributed by atoms with Gasteiger partial charge in [-0.25, -0.2) is 0 Å². The minimum Gasteiger partial charge on any atom is -0.358 e. The van der Waals surface area contributed by atoms with Gasteiger partial charge >= 0.3 is 5.97 Å². The Morgan fingerprint density at radius 2 is 1.54 bits per heavy atom. The molecule has 0 aromatic heterocycles. The molecule has 1 saturated heterocycles. The number of rotatable bonds is 6. The molecule has 1 fully saturated rings. The summed E-state index contributed by atoms with van der Waals surface area (Å²) in [6.07, 6.45) is 1.12. The highest BCUT2D eigenvalue weighted by atomic mass is 35.5. The summed E-state index contributed by atoms with van der Waals surface area (Å²) >= 11 is 5.99. The summed E-state index contributed by atoms with van der Waals surface area (Å²) in [5, 5.41) is 43.3. The van der Waals surface area contributed by atoms with E-state index in [1.165, 1.54) is 0 Å². The van der Waals surface area contributed by atoms with E-state index in [2.05, 4.69) is 0 Å². The lowest BCUT2D eigenvalue weighted by Gasteiger charge is -2.45. The number of likely N-dealkylation sites (tertiary alicyclic amines) is 1. The molecule has 0 bridgehead atoms. The van der Waals surface area contributed by atoms with Crippen LogP contribution in [0.25, 0.3) is 0 Å². The second kappa shape index (κ2) is 7.72. The third kappa shape index (κ3) is 3.82. The van der Waals surface area contributed by atoms with E-state index < -0.39 is 23.4 Å². The van der Waals surface area contributed by atoms with Gasteiger partial charge in [-0.05, 0) is 56.6 Å². The number of halogens is 1. The summed E-state index contributed by atoms with van der Waals surface area (Å²) in [7, 11) is 1.70. The zero-order valence-corrected chi connectivity index (χ0v) is 16.7. The first-order valence-electron chi connectivity index (χ1n) is 9.19. The average molecular weight is 408 g/mol. The molecule has 28 heavy (non-hydrogen) atoms. The Labute approximate surface area is 169 Å². The average Bonchev–Trinajstić information content (AvgIpc) is 3.09. The fourth-order valence-corrected chi connectivity index (χ4v) is 3.93. The molecular formula is C21H26ClNO5. The van der Waals surface area contributed by atoms with Gasteiger partial charge in [0, 0.05) is 5.02 Å². The van der Waals surface area contributed by atoms with Crippen LogP contribution in [0.1, 0.15) is 30.9 Å². The summed E-state index contributed by atoms with van der Waals surface area (Å²) in [4.78, 5) is 1.67. The summed E-state index contributed by atoms with van der Waals surface area (Å²) in [6.45, 7) is 2.26. The van der Waals surface area contributed by atoms with E-state index in [-0.39, 0.29) is 0 Å². The predicted octanol–water partition coefficient (Wildman–Crippen LogP) is 2.03. The van der Waals surface area contributed by atoms with Crippen LogP contribution in [-0.2, 0) is 10.3 Å². The second-order valence-corrected chi connectivity index (χ2v) is 7.92. The molecule has 0 saturated carbocycles. The van der Waals surface area contributed by atoms with Crippen molar-refractivity contribution in [1.82, 2.24) is 4.90 Å². The van der Waals surface area contributed by atoms with Crippen molar-refractivity contribution in [3.8, 4) is 0 Å². The molecule has 0 amide bonds. The van der Waals surface area contributed by atoms with Crippen LogP contribution in [-0.4, -0.2) is 56.7 Å². The zero-order valence-electron chi connectivity index (χ0n) is 15.9. The van der Waals surface area contributed by atoms with E-state index >= 15 is 0 Å². The lowest BCUT2D eigenvalue weighted by molar-refractivity contribution is -0.486. The van der Waals surface area contributed by atoms with Crippen molar-refractivity contribution in [2.45, 2.75) is 43.2 Å². The molecule has 152 valence electrons. The third-order valence-corrected chi connectivity index (χ3v) is 5.78. The monoisotopic (exact) mass is 407 g/mol. The Morgan fingerprint density at radius 3 is 2.07 bits per heavy atom. The first-order chi connectivity index (χ1) is 13.1. The highest BCUT2D eigenvalue weighted by Gasteiger charge is 2.59. The maximum absolute atomic E-state index is 10.7. The van der Waals surface area contributed by atoms with Crippen LogP contribution >= 0.6 is 11.6 Å². The van der Waals surface area contributed by atoms with Gasteiger partial charge in [0.1, 0.15) is 5.60 Å². The van der Waals surface area contributed by atoms with Crippen molar-refractivity contribution in [3.05, 3.63) is 70.7 Å². The molecule has 1 unspecified atom stereocenters. The first-order valence-corrected chi connectivity index (χ1v) is 9.57. The third-order valence-electron chi connectivity index (χ3n) is 5.53. The summed E-state index contributed by atoms with van der Waals surface area (Å²) in [5.41, 5.74) is -0.199. The molecule has 0 radical (unpaired) electrons.